The SMILES string of the molecule is O=C1CCc2c([nH]c3c2CCCC3)C1. The Kier molecular flexibility index (Phi) is 1.76. The number of hydrogen-bond acceptors (Lipinski definition) is 1. The van der Waals surface area contributed by atoms with Gasteiger partial charge in [-0.2, -0.15) is 0 Å². The summed E-state index contributed by atoms with van der Waals surface area (Å²) in [5, 5.41) is 0. The number of aromatic amines is 1. The first-order chi connectivity index (χ1) is 6.84. The van der Waals surface area contributed by atoms with Gasteiger partial charge in [-0.3, -0.25) is 4.79 Å². The van der Waals surface area contributed by atoms with Crippen molar-refractivity contribution in [1.82, 2.24) is 4.98 Å². The number of carbonyl (C=O) groups is 1. The van der Waals surface area contributed by atoms with E-state index in [4.69, 9.17) is 0 Å². The van der Waals surface area contributed by atoms with Gasteiger partial charge < -0.3 is 4.98 Å². The van der Waals surface area contributed by atoms with E-state index in [9.17, 15) is 4.79 Å². The molecule has 1 heterocycles. The van der Waals surface area contributed by atoms with E-state index in [2.05, 4.69) is 4.98 Å². The summed E-state index contributed by atoms with van der Waals surface area (Å²) in [6.45, 7) is 0. The molecule has 0 radical (unpaired) electrons. The molecule has 0 atom stereocenters. The molecule has 2 aliphatic carbocycles. The van der Waals surface area contributed by atoms with Gasteiger partial charge in [0.15, 0.2) is 0 Å². The third-order valence-electron chi connectivity index (χ3n) is 3.53. The summed E-state index contributed by atoms with van der Waals surface area (Å²) >= 11 is 0. The zero-order valence-electron chi connectivity index (χ0n) is 8.36. The minimum Gasteiger partial charge on any atom is -0.361 e. The highest BCUT2D eigenvalue weighted by atomic mass is 16.1. The smallest absolute Gasteiger partial charge is 0.139 e. The molecule has 1 N–H and O–H groups in total. The van der Waals surface area contributed by atoms with Crippen molar-refractivity contribution >= 4 is 5.78 Å². The van der Waals surface area contributed by atoms with Crippen molar-refractivity contribution in [2.75, 3.05) is 0 Å². The largest absolute Gasteiger partial charge is 0.361 e. The zero-order chi connectivity index (χ0) is 9.54. The topological polar surface area (TPSA) is 32.9 Å². The molecule has 0 unspecified atom stereocenters. The molecule has 2 nitrogen and oxygen atoms in total. The molecule has 0 aromatic carbocycles. The molecule has 0 spiro atoms. The number of rotatable bonds is 0. The quantitative estimate of drug-likeness (QED) is 0.664. The van der Waals surface area contributed by atoms with Crippen LogP contribution in [0.4, 0.5) is 0 Å². The number of H-pyrrole nitrogens is 1. The van der Waals surface area contributed by atoms with Crippen LogP contribution >= 0.6 is 0 Å². The lowest BCUT2D eigenvalue weighted by molar-refractivity contribution is -0.118. The lowest BCUT2D eigenvalue weighted by Crippen LogP contribution is -2.13. The van der Waals surface area contributed by atoms with Crippen molar-refractivity contribution in [2.45, 2.75) is 44.9 Å². The lowest BCUT2D eigenvalue weighted by Gasteiger charge is -2.14. The van der Waals surface area contributed by atoms with Gasteiger partial charge in [0.2, 0.25) is 0 Å². The third-order valence-corrected chi connectivity index (χ3v) is 3.53. The van der Waals surface area contributed by atoms with Gasteiger partial charge in [0.1, 0.15) is 5.78 Å². The monoisotopic (exact) mass is 189 g/mol. The lowest BCUT2D eigenvalue weighted by atomic mass is 9.89. The Morgan fingerprint density at radius 3 is 2.57 bits per heavy atom. The predicted molar refractivity (Wildman–Crippen MR) is 54.5 cm³/mol. The number of carbonyl (C=O) groups excluding carboxylic acids is 1. The first kappa shape index (κ1) is 8.27. The van der Waals surface area contributed by atoms with Gasteiger partial charge in [-0.15, -0.1) is 0 Å². The first-order valence-corrected chi connectivity index (χ1v) is 5.58. The van der Waals surface area contributed by atoms with Crippen LogP contribution in [0.25, 0.3) is 0 Å². The van der Waals surface area contributed by atoms with E-state index in [1.165, 1.54) is 42.6 Å². The maximum Gasteiger partial charge on any atom is 0.139 e. The molecule has 14 heavy (non-hydrogen) atoms. The van der Waals surface area contributed by atoms with E-state index in [0.29, 0.717) is 12.2 Å². The molecule has 2 heteroatoms. The first-order valence-electron chi connectivity index (χ1n) is 5.58. The van der Waals surface area contributed by atoms with Crippen molar-refractivity contribution in [2.24, 2.45) is 0 Å². The van der Waals surface area contributed by atoms with E-state index in [1.54, 1.807) is 5.56 Å². The normalized spacial score (nSPS) is 20.4. The summed E-state index contributed by atoms with van der Waals surface area (Å²) in [6, 6.07) is 0. The number of ketones is 1. The maximum absolute atomic E-state index is 11.3. The molecule has 0 amide bonds. The van der Waals surface area contributed by atoms with Gasteiger partial charge in [-0.1, -0.05) is 0 Å². The fraction of sp³-hybridized carbons (Fsp3) is 0.583. The summed E-state index contributed by atoms with van der Waals surface area (Å²) in [5.41, 5.74) is 5.70. The zero-order valence-corrected chi connectivity index (χ0v) is 8.36. The summed E-state index contributed by atoms with van der Waals surface area (Å²) < 4.78 is 0. The summed E-state index contributed by atoms with van der Waals surface area (Å²) in [7, 11) is 0. The second kappa shape index (κ2) is 2.97. The van der Waals surface area contributed by atoms with Crippen LogP contribution in [0.5, 0.6) is 0 Å². The number of aryl methyl sites for hydroxylation is 1. The highest BCUT2D eigenvalue weighted by molar-refractivity contribution is 5.83. The number of fused-ring (bicyclic) bond motifs is 3. The summed E-state index contributed by atoms with van der Waals surface area (Å²) in [5.74, 6) is 0.399. The van der Waals surface area contributed by atoms with Gasteiger partial charge in [-0.05, 0) is 43.2 Å². The number of hydrogen-bond donors (Lipinski definition) is 1. The third kappa shape index (κ3) is 1.13. The molecule has 0 saturated heterocycles. The average molecular weight is 189 g/mol. The average Bonchev–Trinajstić information content (AvgIpc) is 2.54. The molecule has 0 fully saturated rings. The molecule has 0 bridgehead atoms. The van der Waals surface area contributed by atoms with Crippen LogP contribution in [0.2, 0.25) is 0 Å². The molecule has 74 valence electrons. The second-order valence-electron chi connectivity index (χ2n) is 4.46. The Morgan fingerprint density at radius 1 is 0.857 bits per heavy atom. The van der Waals surface area contributed by atoms with Crippen LogP contribution in [0.3, 0.4) is 0 Å². The Morgan fingerprint density at radius 2 is 1.64 bits per heavy atom. The van der Waals surface area contributed by atoms with E-state index < -0.39 is 0 Å². The molecule has 2 aliphatic rings. The van der Waals surface area contributed by atoms with E-state index >= 15 is 0 Å². The highest BCUT2D eigenvalue weighted by Crippen LogP contribution is 2.30. The Balaban J connectivity index is 2.08. The molecule has 1 aromatic rings. The van der Waals surface area contributed by atoms with Crippen molar-refractivity contribution < 1.29 is 4.79 Å². The molecular weight excluding hydrogens is 174 g/mol. The van der Waals surface area contributed by atoms with Crippen molar-refractivity contribution in [3.63, 3.8) is 0 Å². The van der Waals surface area contributed by atoms with Crippen LogP contribution in [0.15, 0.2) is 0 Å². The van der Waals surface area contributed by atoms with Crippen molar-refractivity contribution in [3.8, 4) is 0 Å². The molecule has 0 aliphatic heterocycles. The van der Waals surface area contributed by atoms with Crippen LogP contribution in [-0.2, 0) is 30.5 Å². The van der Waals surface area contributed by atoms with Gasteiger partial charge in [-0.25, -0.2) is 0 Å². The minimum atomic E-state index is 0.399. The van der Waals surface area contributed by atoms with Crippen molar-refractivity contribution in [1.29, 1.82) is 0 Å². The highest BCUT2D eigenvalue weighted by Gasteiger charge is 2.24. The Hall–Kier alpha value is -1.05. The van der Waals surface area contributed by atoms with Gasteiger partial charge >= 0.3 is 0 Å². The van der Waals surface area contributed by atoms with E-state index in [1.807, 2.05) is 0 Å². The van der Waals surface area contributed by atoms with Gasteiger partial charge in [0, 0.05) is 24.2 Å². The Bertz CT molecular complexity index is 389. The second-order valence-corrected chi connectivity index (χ2v) is 4.46. The summed E-state index contributed by atoms with van der Waals surface area (Å²) in [6.07, 6.45) is 7.46. The van der Waals surface area contributed by atoms with Gasteiger partial charge in [0.05, 0.1) is 0 Å². The van der Waals surface area contributed by atoms with E-state index in [0.717, 1.165) is 12.8 Å². The number of aromatic nitrogens is 1. The van der Waals surface area contributed by atoms with Gasteiger partial charge in [0.25, 0.3) is 0 Å². The standard InChI is InChI=1S/C12H15NO/c14-8-5-6-10-9-3-1-2-4-11(9)13-12(10)7-8/h13H,1-7H2. The van der Waals surface area contributed by atoms with Crippen molar-refractivity contribution in [3.05, 3.63) is 22.5 Å². The predicted octanol–water partition coefficient (Wildman–Crippen LogP) is 1.95. The van der Waals surface area contributed by atoms with E-state index in [-0.39, 0.29) is 0 Å². The molecule has 1 aromatic heterocycles. The fourth-order valence-corrected chi connectivity index (χ4v) is 2.82. The molecule has 0 saturated carbocycles. The maximum atomic E-state index is 11.3. The fourth-order valence-electron chi connectivity index (χ4n) is 2.82. The Labute approximate surface area is 83.7 Å². The van der Waals surface area contributed by atoms with Crippen LogP contribution in [-0.4, -0.2) is 10.8 Å². The number of Topliss-reactive ketones (excluding diaryl/α,β-unsaturated/α-hetero) is 1. The summed E-state index contributed by atoms with van der Waals surface area (Å²) in [4.78, 5) is 14.8. The minimum absolute atomic E-state index is 0.399. The molecule has 3 rings (SSSR count). The van der Waals surface area contributed by atoms with Crippen LogP contribution < -0.4 is 0 Å². The van der Waals surface area contributed by atoms with Crippen LogP contribution in [0, 0.1) is 0 Å². The molecular formula is C12H15NO. The number of nitrogens with one attached hydrogen (secondary N) is 1. The van der Waals surface area contributed by atoms with Crippen LogP contribution in [0.1, 0.15) is 41.8 Å².